The number of nitrogens with zero attached hydrogens (tertiary/aromatic N) is 3. The van der Waals surface area contributed by atoms with Crippen LogP contribution < -0.4 is 4.74 Å². The summed E-state index contributed by atoms with van der Waals surface area (Å²) in [5.74, 6) is 0.0357. The van der Waals surface area contributed by atoms with Crippen LogP contribution >= 0.6 is 0 Å². The Hall–Kier alpha value is -2.83. The number of carbonyl (C=O) groups excluding carboxylic acids is 2. The second kappa shape index (κ2) is 7.59. The van der Waals surface area contributed by atoms with Gasteiger partial charge in [0.25, 0.3) is 5.91 Å². The number of carbonyl (C=O) groups is 2. The van der Waals surface area contributed by atoms with Crippen molar-refractivity contribution in [1.82, 2.24) is 14.5 Å². The molecule has 26 heavy (non-hydrogen) atoms. The summed E-state index contributed by atoms with van der Waals surface area (Å²) in [4.78, 5) is 31.4. The second-order valence-corrected chi connectivity index (χ2v) is 6.24. The first-order chi connectivity index (χ1) is 12.6. The highest BCUT2D eigenvalue weighted by atomic mass is 16.5. The smallest absolute Gasteiger partial charge is 0.329 e. The van der Waals surface area contributed by atoms with Crippen LogP contribution in [0, 0.1) is 0 Å². The van der Waals surface area contributed by atoms with E-state index in [9.17, 15) is 9.59 Å². The van der Waals surface area contributed by atoms with Gasteiger partial charge in [0, 0.05) is 18.5 Å². The Bertz CT molecular complexity index is 798. The minimum absolute atomic E-state index is 0.210. The maximum atomic E-state index is 13.1. The molecule has 0 saturated carbocycles. The molecule has 7 nitrogen and oxygen atoms in total. The summed E-state index contributed by atoms with van der Waals surface area (Å²) in [6.07, 6.45) is 3.11. The molecular formula is C19H23N3O4. The van der Waals surface area contributed by atoms with E-state index in [1.807, 2.05) is 0 Å². The van der Waals surface area contributed by atoms with Crippen molar-refractivity contribution in [3.05, 3.63) is 47.5 Å². The molecule has 0 fully saturated rings. The lowest BCUT2D eigenvalue weighted by Gasteiger charge is -2.34. The molecule has 0 saturated heterocycles. The number of aryl methyl sites for hydroxylation is 1. The van der Waals surface area contributed by atoms with Crippen molar-refractivity contribution in [1.29, 1.82) is 0 Å². The van der Waals surface area contributed by atoms with E-state index in [2.05, 4.69) is 16.5 Å². The van der Waals surface area contributed by atoms with Gasteiger partial charge in [-0.2, -0.15) is 0 Å². The molecule has 1 aliphatic heterocycles. The maximum Gasteiger partial charge on any atom is 0.329 e. The fourth-order valence-corrected chi connectivity index (χ4v) is 3.26. The fourth-order valence-electron chi connectivity index (χ4n) is 3.26. The monoisotopic (exact) mass is 357 g/mol. The maximum absolute atomic E-state index is 13.1. The molecule has 138 valence electrons. The zero-order valence-electron chi connectivity index (χ0n) is 15.3. The number of amides is 1. The summed E-state index contributed by atoms with van der Waals surface area (Å²) in [7, 11) is 2.91. The number of fused-ring (bicyclic) bond motifs is 1. The molecule has 1 aromatic carbocycles. The number of aromatic nitrogens is 2. The molecule has 1 aliphatic rings. The molecule has 0 aliphatic carbocycles. The lowest BCUT2D eigenvalue weighted by molar-refractivity contribution is -0.146. The van der Waals surface area contributed by atoms with Crippen LogP contribution in [0.15, 0.2) is 30.6 Å². The van der Waals surface area contributed by atoms with Crippen molar-refractivity contribution in [2.75, 3.05) is 14.2 Å². The molecule has 0 unspecified atom stereocenters. The third-order valence-electron chi connectivity index (χ3n) is 4.65. The first-order valence-corrected chi connectivity index (χ1v) is 8.64. The third kappa shape index (κ3) is 3.29. The molecule has 0 N–H and O–H groups in total. The van der Waals surface area contributed by atoms with E-state index in [-0.39, 0.29) is 5.91 Å². The zero-order valence-corrected chi connectivity index (χ0v) is 15.3. The van der Waals surface area contributed by atoms with E-state index < -0.39 is 12.0 Å². The molecule has 0 radical (unpaired) electrons. The van der Waals surface area contributed by atoms with Crippen LogP contribution in [0.2, 0.25) is 0 Å². The van der Waals surface area contributed by atoms with E-state index in [1.165, 1.54) is 7.11 Å². The van der Waals surface area contributed by atoms with Crippen molar-refractivity contribution in [2.24, 2.45) is 0 Å². The van der Waals surface area contributed by atoms with Gasteiger partial charge in [0.1, 0.15) is 11.8 Å². The lowest BCUT2D eigenvalue weighted by Crippen LogP contribution is -2.49. The van der Waals surface area contributed by atoms with Crippen LogP contribution in [0.5, 0.6) is 5.75 Å². The molecule has 2 heterocycles. The number of benzene rings is 1. The summed E-state index contributed by atoms with van der Waals surface area (Å²) in [5, 5.41) is 0. The minimum Gasteiger partial charge on any atom is -0.497 e. The molecule has 7 heteroatoms. The first kappa shape index (κ1) is 18.0. The van der Waals surface area contributed by atoms with Gasteiger partial charge in [-0.05, 0) is 30.7 Å². The molecule has 1 aromatic heterocycles. The Morgan fingerprint density at radius 2 is 1.96 bits per heavy atom. The Labute approximate surface area is 152 Å². The summed E-state index contributed by atoms with van der Waals surface area (Å²) in [5.41, 5.74) is 2.34. The van der Waals surface area contributed by atoms with Crippen LogP contribution in [0.4, 0.5) is 0 Å². The van der Waals surface area contributed by atoms with E-state index in [0.717, 1.165) is 24.4 Å². The predicted molar refractivity (Wildman–Crippen MR) is 94.9 cm³/mol. The normalized spacial score (nSPS) is 16.1. The Morgan fingerprint density at radius 1 is 1.23 bits per heavy atom. The third-order valence-corrected chi connectivity index (χ3v) is 4.65. The Kier molecular flexibility index (Phi) is 5.25. The molecule has 0 bridgehead atoms. The van der Waals surface area contributed by atoms with Gasteiger partial charge in [-0.25, -0.2) is 9.78 Å². The number of esters is 1. The fraction of sp³-hybridized carbons (Fsp3) is 0.421. The average Bonchev–Trinajstić information content (AvgIpc) is 3.08. The SMILES string of the molecule is CCCn1cnc2c1CN(C(=O)c1ccc(OC)cc1)[C@H](C(=O)OC)C2. The van der Waals surface area contributed by atoms with Crippen LogP contribution in [-0.4, -0.2) is 46.6 Å². The van der Waals surface area contributed by atoms with E-state index in [1.54, 1.807) is 42.6 Å². The standard InChI is InChI=1S/C19H23N3O4/c1-4-9-21-12-20-15-10-16(19(24)26-3)22(11-17(15)21)18(23)13-5-7-14(25-2)8-6-13/h5-8,12,16H,4,9-11H2,1-3H3/t16-/m0/s1. The quantitative estimate of drug-likeness (QED) is 0.766. The zero-order chi connectivity index (χ0) is 18.7. The minimum atomic E-state index is -0.674. The molecule has 0 spiro atoms. The highest BCUT2D eigenvalue weighted by Gasteiger charge is 2.37. The predicted octanol–water partition coefficient (Wildman–Crippen LogP) is 2.04. The first-order valence-electron chi connectivity index (χ1n) is 8.64. The van der Waals surface area contributed by atoms with Gasteiger partial charge in [-0.1, -0.05) is 6.92 Å². The number of hydrogen-bond donors (Lipinski definition) is 0. The molecule has 1 atom stereocenters. The van der Waals surface area contributed by atoms with Crippen molar-refractivity contribution < 1.29 is 19.1 Å². The summed E-state index contributed by atoms with van der Waals surface area (Å²) in [6.45, 7) is 3.25. The van der Waals surface area contributed by atoms with Gasteiger partial charge in [-0.15, -0.1) is 0 Å². The topological polar surface area (TPSA) is 73.7 Å². The van der Waals surface area contributed by atoms with Crippen molar-refractivity contribution >= 4 is 11.9 Å². The van der Waals surface area contributed by atoms with Crippen LogP contribution in [-0.2, 0) is 29.0 Å². The highest BCUT2D eigenvalue weighted by molar-refractivity contribution is 5.97. The molecular weight excluding hydrogens is 334 g/mol. The van der Waals surface area contributed by atoms with Crippen molar-refractivity contribution in [3.63, 3.8) is 0 Å². The van der Waals surface area contributed by atoms with Gasteiger partial charge in [0.2, 0.25) is 0 Å². The lowest BCUT2D eigenvalue weighted by atomic mass is 10.0. The Morgan fingerprint density at radius 3 is 2.58 bits per heavy atom. The Balaban J connectivity index is 1.93. The van der Waals surface area contributed by atoms with Gasteiger partial charge >= 0.3 is 5.97 Å². The summed E-state index contributed by atoms with van der Waals surface area (Å²) >= 11 is 0. The van der Waals surface area contributed by atoms with Gasteiger partial charge in [0.15, 0.2) is 0 Å². The van der Waals surface area contributed by atoms with Gasteiger partial charge < -0.3 is 18.9 Å². The largest absolute Gasteiger partial charge is 0.497 e. The average molecular weight is 357 g/mol. The number of imidazole rings is 1. The van der Waals surface area contributed by atoms with Crippen LogP contribution in [0.25, 0.3) is 0 Å². The van der Waals surface area contributed by atoms with Crippen molar-refractivity contribution in [3.8, 4) is 5.75 Å². The second-order valence-electron chi connectivity index (χ2n) is 6.24. The molecule has 2 aromatic rings. The van der Waals surface area contributed by atoms with Crippen LogP contribution in [0.3, 0.4) is 0 Å². The van der Waals surface area contributed by atoms with E-state index >= 15 is 0 Å². The van der Waals surface area contributed by atoms with Gasteiger partial charge in [-0.3, -0.25) is 4.79 Å². The number of ether oxygens (including phenoxy) is 2. The summed E-state index contributed by atoms with van der Waals surface area (Å²) in [6, 6.07) is 6.20. The van der Waals surface area contributed by atoms with Crippen LogP contribution in [0.1, 0.15) is 35.1 Å². The number of methoxy groups -OCH3 is 2. The summed E-state index contributed by atoms with van der Waals surface area (Å²) < 4.78 is 12.1. The van der Waals surface area contributed by atoms with Gasteiger partial charge in [0.05, 0.1) is 38.5 Å². The van der Waals surface area contributed by atoms with E-state index in [4.69, 9.17) is 9.47 Å². The number of rotatable bonds is 5. The highest BCUT2D eigenvalue weighted by Crippen LogP contribution is 2.26. The van der Waals surface area contributed by atoms with E-state index in [0.29, 0.717) is 24.3 Å². The number of hydrogen-bond acceptors (Lipinski definition) is 5. The van der Waals surface area contributed by atoms with Crippen molar-refractivity contribution in [2.45, 2.75) is 38.9 Å². The molecule has 3 rings (SSSR count). The molecule has 1 amide bonds.